The number of rotatable bonds is 3. The number of thiophene rings is 1. The van der Waals surface area contributed by atoms with Gasteiger partial charge >= 0.3 is 0 Å². The fourth-order valence-corrected chi connectivity index (χ4v) is 2.99. The van der Waals surface area contributed by atoms with Gasteiger partial charge in [-0.25, -0.2) is 0 Å². The summed E-state index contributed by atoms with van der Waals surface area (Å²) < 4.78 is 2.17. The molecule has 0 aliphatic carbocycles. The number of halogens is 2. The van der Waals surface area contributed by atoms with Gasteiger partial charge in [0.05, 0.1) is 0 Å². The van der Waals surface area contributed by atoms with Crippen molar-refractivity contribution in [2.75, 3.05) is 5.32 Å². The summed E-state index contributed by atoms with van der Waals surface area (Å²) in [5, 5.41) is 5.56. The second kappa shape index (κ2) is 5.34. The van der Waals surface area contributed by atoms with Gasteiger partial charge < -0.3 is 5.32 Å². The third-order valence-corrected chi connectivity index (χ3v) is 4.54. The Bertz CT molecular complexity index is 494. The van der Waals surface area contributed by atoms with Crippen molar-refractivity contribution < 1.29 is 0 Å². The van der Waals surface area contributed by atoms with Crippen molar-refractivity contribution in [3.63, 3.8) is 0 Å². The van der Waals surface area contributed by atoms with Crippen LogP contribution >= 0.6 is 43.2 Å². The Morgan fingerprint density at radius 3 is 2.75 bits per heavy atom. The van der Waals surface area contributed by atoms with Crippen LogP contribution in [-0.4, -0.2) is 0 Å². The molecule has 0 saturated heterocycles. The van der Waals surface area contributed by atoms with Crippen LogP contribution in [0.5, 0.6) is 0 Å². The Labute approximate surface area is 116 Å². The molecule has 1 aromatic heterocycles. The summed E-state index contributed by atoms with van der Waals surface area (Å²) in [6, 6.07) is 8.28. The van der Waals surface area contributed by atoms with E-state index >= 15 is 0 Å². The zero-order valence-electron chi connectivity index (χ0n) is 8.76. The Hall–Kier alpha value is -0.320. The molecule has 4 heteroatoms. The maximum Gasteiger partial charge on any atom is 0.0498 e. The summed E-state index contributed by atoms with van der Waals surface area (Å²) >= 11 is 8.79. The highest BCUT2D eigenvalue weighted by Crippen LogP contribution is 2.27. The standard InChI is InChI=1S/C12H11Br2NS/c1-8-4-5-16-12(8)7-15-11-6-9(13)2-3-10(11)14/h2-6,15H,7H2,1H3. The first-order valence-electron chi connectivity index (χ1n) is 4.88. The van der Waals surface area contributed by atoms with E-state index < -0.39 is 0 Å². The molecule has 0 aliphatic heterocycles. The summed E-state index contributed by atoms with van der Waals surface area (Å²) in [5.41, 5.74) is 2.46. The predicted molar refractivity (Wildman–Crippen MR) is 78.2 cm³/mol. The number of hydrogen-bond donors (Lipinski definition) is 1. The van der Waals surface area contributed by atoms with Gasteiger partial charge in [-0.1, -0.05) is 15.9 Å². The fourth-order valence-electron chi connectivity index (χ4n) is 1.39. The molecule has 1 aromatic carbocycles. The molecule has 1 heterocycles. The van der Waals surface area contributed by atoms with Gasteiger partial charge in [0, 0.05) is 26.1 Å². The van der Waals surface area contributed by atoms with E-state index in [0.717, 1.165) is 21.2 Å². The zero-order valence-corrected chi connectivity index (χ0v) is 12.7. The van der Waals surface area contributed by atoms with Crippen molar-refractivity contribution in [3.05, 3.63) is 49.0 Å². The molecule has 84 valence electrons. The van der Waals surface area contributed by atoms with Crippen molar-refractivity contribution in [3.8, 4) is 0 Å². The largest absolute Gasteiger partial charge is 0.379 e. The summed E-state index contributed by atoms with van der Waals surface area (Å²) in [5.74, 6) is 0. The van der Waals surface area contributed by atoms with Crippen LogP contribution in [0.1, 0.15) is 10.4 Å². The minimum absolute atomic E-state index is 0.874. The second-order valence-corrected chi connectivity index (χ2v) is 6.28. The lowest BCUT2D eigenvalue weighted by Gasteiger charge is -2.08. The number of aryl methyl sites for hydroxylation is 1. The lowest BCUT2D eigenvalue weighted by molar-refractivity contribution is 1.16. The van der Waals surface area contributed by atoms with E-state index in [0.29, 0.717) is 0 Å². The summed E-state index contributed by atoms with van der Waals surface area (Å²) in [6.07, 6.45) is 0. The molecule has 0 saturated carbocycles. The van der Waals surface area contributed by atoms with E-state index in [4.69, 9.17) is 0 Å². The minimum Gasteiger partial charge on any atom is -0.379 e. The van der Waals surface area contributed by atoms with E-state index in [2.05, 4.69) is 61.6 Å². The van der Waals surface area contributed by atoms with Crippen LogP contribution in [0, 0.1) is 6.92 Å². The molecule has 0 atom stereocenters. The highest BCUT2D eigenvalue weighted by atomic mass is 79.9. The maximum atomic E-state index is 3.53. The van der Waals surface area contributed by atoms with Gasteiger partial charge in [-0.3, -0.25) is 0 Å². The highest BCUT2D eigenvalue weighted by Gasteiger charge is 2.02. The van der Waals surface area contributed by atoms with Crippen molar-refractivity contribution in [1.29, 1.82) is 0 Å². The van der Waals surface area contributed by atoms with Gasteiger partial charge in [0.1, 0.15) is 0 Å². The van der Waals surface area contributed by atoms with Gasteiger partial charge in [0.2, 0.25) is 0 Å². The Morgan fingerprint density at radius 1 is 1.25 bits per heavy atom. The van der Waals surface area contributed by atoms with Gasteiger partial charge in [-0.15, -0.1) is 11.3 Å². The van der Waals surface area contributed by atoms with E-state index in [1.54, 1.807) is 11.3 Å². The van der Waals surface area contributed by atoms with E-state index in [1.807, 2.05) is 12.1 Å². The molecular formula is C12H11Br2NS. The first-order chi connectivity index (χ1) is 7.66. The van der Waals surface area contributed by atoms with Crippen molar-refractivity contribution in [2.24, 2.45) is 0 Å². The van der Waals surface area contributed by atoms with Gasteiger partial charge in [-0.05, 0) is 58.1 Å². The minimum atomic E-state index is 0.874. The van der Waals surface area contributed by atoms with Crippen LogP contribution in [0.4, 0.5) is 5.69 Å². The normalized spacial score (nSPS) is 10.4. The number of nitrogens with one attached hydrogen (secondary N) is 1. The number of benzene rings is 1. The first kappa shape index (κ1) is 12.1. The van der Waals surface area contributed by atoms with Crippen LogP contribution in [-0.2, 0) is 6.54 Å². The topological polar surface area (TPSA) is 12.0 Å². The number of anilines is 1. The van der Waals surface area contributed by atoms with E-state index in [-0.39, 0.29) is 0 Å². The van der Waals surface area contributed by atoms with Crippen LogP contribution < -0.4 is 5.32 Å². The molecule has 2 rings (SSSR count). The van der Waals surface area contributed by atoms with Crippen LogP contribution in [0.15, 0.2) is 38.6 Å². The third-order valence-electron chi connectivity index (χ3n) is 2.34. The quantitative estimate of drug-likeness (QED) is 0.793. The molecule has 1 nitrogen and oxygen atoms in total. The van der Waals surface area contributed by atoms with E-state index in [1.165, 1.54) is 10.4 Å². The first-order valence-corrected chi connectivity index (χ1v) is 7.35. The van der Waals surface area contributed by atoms with E-state index in [9.17, 15) is 0 Å². The summed E-state index contributed by atoms with van der Waals surface area (Å²) in [4.78, 5) is 1.38. The molecule has 2 aromatic rings. The molecule has 0 unspecified atom stereocenters. The lowest BCUT2D eigenvalue weighted by Crippen LogP contribution is -1.99. The average Bonchev–Trinajstić information content (AvgIpc) is 2.66. The fraction of sp³-hybridized carbons (Fsp3) is 0.167. The summed E-state index contributed by atoms with van der Waals surface area (Å²) in [6.45, 7) is 3.02. The summed E-state index contributed by atoms with van der Waals surface area (Å²) in [7, 11) is 0. The Balaban J connectivity index is 2.10. The van der Waals surface area contributed by atoms with Gasteiger partial charge in [-0.2, -0.15) is 0 Å². The number of hydrogen-bond acceptors (Lipinski definition) is 2. The smallest absolute Gasteiger partial charge is 0.0498 e. The predicted octanol–water partition coefficient (Wildman–Crippen LogP) is 5.19. The van der Waals surface area contributed by atoms with Crippen molar-refractivity contribution >= 4 is 48.9 Å². The van der Waals surface area contributed by atoms with Crippen LogP contribution in [0.25, 0.3) is 0 Å². The lowest BCUT2D eigenvalue weighted by atomic mass is 10.3. The Morgan fingerprint density at radius 2 is 2.06 bits per heavy atom. The molecule has 0 radical (unpaired) electrons. The SMILES string of the molecule is Cc1ccsc1CNc1cc(Br)ccc1Br. The molecule has 0 aliphatic rings. The monoisotopic (exact) mass is 359 g/mol. The molecule has 0 bridgehead atoms. The van der Waals surface area contributed by atoms with Crippen LogP contribution in [0.2, 0.25) is 0 Å². The van der Waals surface area contributed by atoms with Gasteiger partial charge in [0.15, 0.2) is 0 Å². The molecule has 1 N–H and O–H groups in total. The molecule has 16 heavy (non-hydrogen) atoms. The average molecular weight is 361 g/mol. The van der Waals surface area contributed by atoms with Crippen molar-refractivity contribution in [1.82, 2.24) is 0 Å². The van der Waals surface area contributed by atoms with Gasteiger partial charge in [0.25, 0.3) is 0 Å². The Kier molecular flexibility index (Phi) is 4.05. The zero-order chi connectivity index (χ0) is 11.5. The molecular weight excluding hydrogens is 350 g/mol. The maximum absolute atomic E-state index is 3.53. The third kappa shape index (κ3) is 2.87. The molecule has 0 fully saturated rings. The molecule has 0 amide bonds. The van der Waals surface area contributed by atoms with Crippen molar-refractivity contribution in [2.45, 2.75) is 13.5 Å². The second-order valence-electron chi connectivity index (χ2n) is 3.50. The molecule has 0 spiro atoms. The van der Waals surface area contributed by atoms with Crippen LogP contribution in [0.3, 0.4) is 0 Å². The highest BCUT2D eigenvalue weighted by molar-refractivity contribution is 9.11.